The van der Waals surface area contributed by atoms with Gasteiger partial charge < -0.3 is 5.11 Å². The Morgan fingerprint density at radius 1 is 1.58 bits per heavy atom. The van der Waals surface area contributed by atoms with E-state index in [9.17, 15) is 4.79 Å². The van der Waals surface area contributed by atoms with Crippen LogP contribution in [0.25, 0.3) is 0 Å². The number of hydrogen-bond acceptors (Lipinski definition) is 1. The Morgan fingerprint density at radius 3 is 2.08 bits per heavy atom. The van der Waals surface area contributed by atoms with E-state index >= 15 is 0 Å². The summed E-state index contributed by atoms with van der Waals surface area (Å²) in [7, 11) is 0. The van der Waals surface area contributed by atoms with E-state index in [4.69, 9.17) is 5.11 Å². The van der Waals surface area contributed by atoms with Gasteiger partial charge in [-0.05, 0) is 27.7 Å². The van der Waals surface area contributed by atoms with Crippen molar-refractivity contribution in [3.05, 3.63) is 12.7 Å². The summed E-state index contributed by atoms with van der Waals surface area (Å²) < 4.78 is 0. The molecule has 70 valence electrons. The summed E-state index contributed by atoms with van der Waals surface area (Å²) in [6.07, 6.45) is 0.717. The largest absolute Gasteiger partial charge is 0.465 e. The summed E-state index contributed by atoms with van der Waals surface area (Å²) in [4.78, 5) is 12.2. The van der Waals surface area contributed by atoms with Gasteiger partial charge in [0.2, 0.25) is 0 Å². The Hall–Kier alpha value is -0.990. The normalized spacial score (nSPS) is 13.7. The number of nitrogens with zero attached hydrogens (tertiary/aromatic N) is 1. The lowest BCUT2D eigenvalue weighted by atomic mass is 10.0. The van der Waals surface area contributed by atoms with Crippen LogP contribution in [0, 0.1) is 0 Å². The van der Waals surface area contributed by atoms with Gasteiger partial charge >= 0.3 is 6.09 Å². The summed E-state index contributed by atoms with van der Waals surface area (Å²) in [6.45, 7) is 11.0. The molecule has 0 unspecified atom stereocenters. The number of hydrogen-bond donors (Lipinski definition) is 1. The fraction of sp³-hybridized carbons (Fsp3) is 0.667. The molecule has 0 heterocycles. The van der Waals surface area contributed by atoms with Crippen molar-refractivity contribution in [2.45, 2.75) is 39.3 Å². The van der Waals surface area contributed by atoms with Gasteiger partial charge in [0, 0.05) is 5.54 Å². The highest BCUT2D eigenvalue weighted by Crippen LogP contribution is 2.17. The first-order valence-electron chi connectivity index (χ1n) is 3.95. The molecular formula is C9H17NO2. The predicted octanol–water partition coefficient (Wildman–Crippen LogP) is 2.34. The van der Waals surface area contributed by atoms with E-state index in [1.54, 1.807) is 6.08 Å². The second-order valence-electron chi connectivity index (χ2n) is 3.80. The van der Waals surface area contributed by atoms with Crippen LogP contribution in [0.2, 0.25) is 0 Å². The second-order valence-corrected chi connectivity index (χ2v) is 3.80. The maximum Gasteiger partial charge on any atom is 0.408 e. The molecule has 0 aliphatic heterocycles. The van der Waals surface area contributed by atoms with Crippen molar-refractivity contribution in [1.82, 2.24) is 4.90 Å². The van der Waals surface area contributed by atoms with Crippen LogP contribution >= 0.6 is 0 Å². The van der Waals surface area contributed by atoms with Crippen molar-refractivity contribution in [2.75, 3.05) is 0 Å². The lowest BCUT2D eigenvalue weighted by Crippen LogP contribution is -2.49. The molecule has 1 atom stereocenters. The smallest absolute Gasteiger partial charge is 0.408 e. The molecule has 0 radical (unpaired) electrons. The molecule has 3 nitrogen and oxygen atoms in total. The maximum absolute atomic E-state index is 10.8. The zero-order chi connectivity index (χ0) is 9.94. The molecule has 0 fully saturated rings. The van der Waals surface area contributed by atoms with Crippen LogP contribution in [0.5, 0.6) is 0 Å². The van der Waals surface area contributed by atoms with E-state index in [1.165, 1.54) is 4.90 Å². The van der Waals surface area contributed by atoms with Gasteiger partial charge in [-0.15, -0.1) is 6.58 Å². The summed E-state index contributed by atoms with van der Waals surface area (Å²) in [5.74, 6) is 0. The molecule has 3 heteroatoms. The summed E-state index contributed by atoms with van der Waals surface area (Å²) >= 11 is 0. The Bertz CT molecular complexity index is 181. The van der Waals surface area contributed by atoms with Crippen LogP contribution in [0.4, 0.5) is 4.79 Å². The predicted molar refractivity (Wildman–Crippen MR) is 49.3 cm³/mol. The summed E-state index contributed by atoms with van der Waals surface area (Å²) in [6, 6.07) is -0.150. The Labute approximate surface area is 73.7 Å². The van der Waals surface area contributed by atoms with Crippen LogP contribution in [0.3, 0.4) is 0 Å². The van der Waals surface area contributed by atoms with Gasteiger partial charge in [0.15, 0.2) is 0 Å². The van der Waals surface area contributed by atoms with Gasteiger partial charge in [-0.25, -0.2) is 4.79 Å². The quantitative estimate of drug-likeness (QED) is 0.648. The molecule has 0 saturated carbocycles. The van der Waals surface area contributed by atoms with Crippen molar-refractivity contribution < 1.29 is 9.90 Å². The maximum atomic E-state index is 10.8. The van der Waals surface area contributed by atoms with Crippen LogP contribution in [0.1, 0.15) is 27.7 Å². The molecule has 1 N–H and O–H groups in total. The molecule has 0 rings (SSSR count). The SMILES string of the molecule is C=C[C@H](C)N(C(=O)O)C(C)(C)C. The van der Waals surface area contributed by atoms with Gasteiger partial charge in [0.05, 0.1) is 6.04 Å². The van der Waals surface area contributed by atoms with Gasteiger partial charge in [-0.2, -0.15) is 0 Å². The standard InChI is InChI=1S/C9H17NO2/c1-6-7(2)10(8(11)12)9(3,4)5/h6-7H,1H2,2-5H3,(H,11,12)/t7-/m0/s1. The van der Waals surface area contributed by atoms with E-state index in [-0.39, 0.29) is 11.6 Å². The van der Waals surface area contributed by atoms with Crippen molar-refractivity contribution in [3.8, 4) is 0 Å². The van der Waals surface area contributed by atoms with E-state index < -0.39 is 6.09 Å². The zero-order valence-corrected chi connectivity index (χ0v) is 8.16. The van der Waals surface area contributed by atoms with Gasteiger partial charge in [-0.1, -0.05) is 6.08 Å². The molecule has 1 amide bonds. The minimum absolute atomic E-state index is 0.150. The highest BCUT2D eigenvalue weighted by atomic mass is 16.4. The fourth-order valence-corrected chi connectivity index (χ4v) is 1.18. The minimum Gasteiger partial charge on any atom is -0.465 e. The van der Waals surface area contributed by atoms with Gasteiger partial charge in [0.1, 0.15) is 0 Å². The van der Waals surface area contributed by atoms with E-state index in [1.807, 2.05) is 27.7 Å². The Balaban J connectivity index is 4.67. The average molecular weight is 171 g/mol. The van der Waals surface area contributed by atoms with Crippen molar-refractivity contribution >= 4 is 6.09 Å². The van der Waals surface area contributed by atoms with Gasteiger partial charge in [0.25, 0.3) is 0 Å². The molecule has 0 aromatic carbocycles. The first kappa shape index (κ1) is 11.0. The van der Waals surface area contributed by atoms with E-state index in [0.29, 0.717) is 0 Å². The molecule has 0 saturated heterocycles. The van der Waals surface area contributed by atoms with Crippen LogP contribution in [-0.2, 0) is 0 Å². The molecule has 0 spiro atoms. The number of rotatable bonds is 2. The lowest BCUT2D eigenvalue weighted by Gasteiger charge is -2.36. The number of carbonyl (C=O) groups is 1. The second kappa shape index (κ2) is 3.61. The summed E-state index contributed by atoms with van der Waals surface area (Å²) in [5.41, 5.74) is -0.376. The molecule has 0 aromatic rings. The first-order valence-corrected chi connectivity index (χ1v) is 3.95. The molecule has 12 heavy (non-hydrogen) atoms. The monoisotopic (exact) mass is 171 g/mol. The highest BCUT2D eigenvalue weighted by Gasteiger charge is 2.28. The van der Waals surface area contributed by atoms with Gasteiger partial charge in [-0.3, -0.25) is 4.90 Å². The lowest BCUT2D eigenvalue weighted by molar-refractivity contribution is 0.0878. The third-order valence-corrected chi connectivity index (χ3v) is 1.68. The van der Waals surface area contributed by atoms with Crippen molar-refractivity contribution in [3.63, 3.8) is 0 Å². The molecule has 0 aromatic heterocycles. The highest BCUT2D eigenvalue weighted by molar-refractivity contribution is 5.66. The van der Waals surface area contributed by atoms with Crippen LogP contribution in [-0.4, -0.2) is 27.7 Å². The molecular weight excluding hydrogens is 154 g/mol. The Morgan fingerprint density at radius 2 is 2.00 bits per heavy atom. The molecule has 0 aliphatic carbocycles. The first-order chi connectivity index (χ1) is 5.30. The number of carboxylic acid groups (broad SMARTS) is 1. The molecule has 0 aliphatic rings. The average Bonchev–Trinajstić information content (AvgIpc) is 1.83. The van der Waals surface area contributed by atoms with Crippen molar-refractivity contribution in [2.24, 2.45) is 0 Å². The third kappa shape index (κ3) is 2.57. The molecule has 0 bridgehead atoms. The van der Waals surface area contributed by atoms with E-state index in [0.717, 1.165) is 0 Å². The van der Waals surface area contributed by atoms with Crippen LogP contribution in [0.15, 0.2) is 12.7 Å². The Kier molecular flexibility index (Phi) is 3.31. The summed E-state index contributed by atoms with van der Waals surface area (Å²) in [5, 5.41) is 8.89. The zero-order valence-electron chi connectivity index (χ0n) is 8.16. The third-order valence-electron chi connectivity index (χ3n) is 1.68. The minimum atomic E-state index is -0.908. The van der Waals surface area contributed by atoms with Crippen LogP contribution < -0.4 is 0 Å². The topological polar surface area (TPSA) is 40.5 Å². The van der Waals surface area contributed by atoms with Crippen molar-refractivity contribution in [1.29, 1.82) is 0 Å². The number of amides is 1. The fourth-order valence-electron chi connectivity index (χ4n) is 1.18. The van der Waals surface area contributed by atoms with E-state index in [2.05, 4.69) is 6.58 Å².